The van der Waals surface area contributed by atoms with E-state index in [1.165, 1.54) is 25.3 Å². The van der Waals surface area contributed by atoms with Crippen molar-refractivity contribution < 1.29 is 27.5 Å². The van der Waals surface area contributed by atoms with E-state index in [0.717, 1.165) is 4.90 Å². The SMILES string of the molecule is COc1ccc(C(=O)OCC(=O)c2ccc(SC)cc2)cc1S(=O)(=O)NC(C)C. The number of carbonyl (C=O) groups excluding carboxylic acids is 2. The Labute approximate surface area is 174 Å². The summed E-state index contributed by atoms with van der Waals surface area (Å²) in [6.45, 7) is 2.91. The van der Waals surface area contributed by atoms with Crippen LogP contribution in [0.4, 0.5) is 0 Å². The first-order valence-corrected chi connectivity index (χ1v) is 11.4. The molecule has 2 aromatic rings. The van der Waals surface area contributed by atoms with E-state index in [4.69, 9.17) is 9.47 Å². The van der Waals surface area contributed by atoms with Gasteiger partial charge in [0.15, 0.2) is 12.4 Å². The summed E-state index contributed by atoms with van der Waals surface area (Å²) < 4.78 is 37.6. The smallest absolute Gasteiger partial charge is 0.338 e. The van der Waals surface area contributed by atoms with Crippen LogP contribution in [-0.2, 0) is 14.8 Å². The summed E-state index contributed by atoms with van der Waals surface area (Å²) in [5.41, 5.74) is 0.426. The molecule has 0 heterocycles. The summed E-state index contributed by atoms with van der Waals surface area (Å²) in [6.07, 6.45) is 1.93. The number of thioether (sulfide) groups is 1. The zero-order chi connectivity index (χ0) is 21.6. The van der Waals surface area contributed by atoms with Gasteiger partial charge < -0.3 is 9.47 Å². The second-order valence-corrected chi connectivity index (χ2v) is 8.93. The van der Waals surface area contributed by atoms with Crippen molar-refractivity contribution in [2.45, 2.75) is 29.7 Å². The quantitative estimate of drug-likeness (QED) is 0.365. The standard InChI is InChI=1S/C20H23NO6S2/c1-13(2)21-29(24,25)19-11-15(7-10-18(19)26-3)20(23)27-12-17(22)14-5-8-16(28-4)9-6-14/h5-11,13,21H,12H2,1-4H3. The molecule has 0 atom stereocenters. The molecule has 0 aliphatic carbocycles. The number of benzene rings is 2. The lowest BCUT2D eigenvalue weighted by Gasteiger charge is -2.14. The average Bonchev–Trinajstić information content (AvgIpc) is 2.70. The van der Waals surface area contributed by atoms with Crippen molar-refractivity contribution in [2.75, 3.05) is 20.0 Å². The van der Waals surface area contributed by atoms with Gasteiger partial charge in [-0.3, -0.25) is 4.79 Å². The highest BCUT2D eigenvalue weighted by Crippen LogP contribution is 2.25. The molecule has 156 valence electrons. The Hall–Kier alpha value is -2.36. The van der Waals surface area contributed by atoms with Crippen LogP contribution >= 0.6 is 11.8 Å². The van der Waals surface area contributed by atoms with Crippen molar-refractivity contribution in [1.29, 1.82) is 0 Å². The molecule has 0 radical (unpaired) electrons. The first-order valence-electron chi connectivity index (χ1n) is 8.72. The lowest BCUT2D eigenvalue weighted by Crippen LogP contribution is -2.30. The van der Waals surface area contributed by atoms with Crippen molar-refractivity contribution in [1.82, 2.24) is 4.72 Å². The van der Waals surface area contributed by atoms with Crippen LogP contribution in [0.5, 0.6) is 5.75 Å². The van der Waals surface area contributed by atoms with Crippen molar-refractivity contribution in [3.05, 3.63) is 53.6 Å². The number of ketones is 1. The topological polar surface area (TPSA) is 98.8 Å². The van der Waals surface area contributed by atoms with Gasteiger partial charge in [0.2, 0.25) is 10.0 Å². The predicted octanol–water partition coefficient (Wildman–Crippen LogP) is 3.14. The number of hydrogen-bond donors (Lipinski definition) is 1. The summed E-state index contributed by atoms with van der Waals surface area (Å²) in [7, 11) is -2.55. The molecule has 9 heteroatoms. The van der Waals surface area contributed by atoms with Crippen LogP contribution in [0.3, 0.4) is 0 Å². The fraction of sp³-hybridized carbons (Fsp3) is 0.300. The molecule has 0 aromatic heterocycles. The highest BCUT2D eigenvalue weighted by molar-refractivity contribution is 7.98. The number of nitrogens with one attached hydrogen (secondary N) is 1. The van der Waals surface area contributed by atoms with E-state index in [2.05, 4.69) is 4.72 Å². The maximum atomic E-state index is 12.5. The van der Waals surface area contributed by atoms with Crippen molar-refractivity contribution in [3.63, 3.8) is 0 Å². The molecule has 2 aromatic carbocycles. The molecule has 0 aliphatic heterocycles. The van der Waals surface area contributed by atoms with Crippen LogP contribution in [0.2, 0.25) is 0 Å². The Morgan fingerprint density at radius 2 is 1.69 bits per heavy atom. The van der Waals surface area contributed by atoms with Gasteiger partial charge in [-0.2, -0.15) is 0 Å². The Balaban J connectivity index is 2.16. The van der Waals surface area contributed by atoms with Gasteiger partial charge in [0.05, 0.1) is 12.7 Å². The normalized spacial score (nSPS) is 11.3. The molecule has 0 bridgehead atoms. The van der Waals surface area contributed by atoms with Crippen LogP contribution in [-0.4, -0.2) is 46.2 Å². The predicted molar refractivity (Wildman–Crippen MR) is 111 cm³/mol. The molecule has 0 saturated carbocycles. The van der Waals surface area contributed by atoms with Gasteiger partial charge in [0.1, 0.15) is 10.6 Å². The Morgan fingerprint density at radius 3 is 2.24 bits per heavy atom. The number of esters is 1. The zero-order valence-corrected chi connectivity index (χ0v) is 18.2. The van der Waals surface area contributed by atoms with Gasteiger partial charge in [-0.05, 0) is 50.4 Å². The van der Waals surface area contributed by atoms with Gasteiger partial charge >= 0.3 is 5.97 Å². The van der Waals surface area contributed by atoms with E-state index in [1.54, 1.807) is 37.7 Å². The van der Waals surface area contributed by atoms with Crippen LogP contribution in [0.25, 0.3) is 0 Å². The number of ether oxygens (including phenoxy) is 2. The molecule has 29 heavy (non-hydrogen) atoms. The number of rotatable bonds is 9. The van der Waals surface area contributed by atoms with E-state index < -0.39 is 22.6 Å². The number of hydrogen-bond acceptors (Lipinski definition) is 7. The highest BCUT2D eigenvalue weighted by atomic mass is 32.2. The first-order chi connectivity index (χ1) is 13.7. The summed E-state index contributed by atoms with van der Waals surface area (Å²) in [4.78, 5) is 25.4. The lowest BCUT2D eigenvalue weighted by atomic mass is 10.1. The number of sulfonamides is 1. The van der Waals surface area contributed by atoms with Gasteiger partial charge in [0, 0.05) is 16.5 Å². The first kappa shape index (κ1) is 22.9. The summed E-state index contributed by atoms with van der Waals surface area (Å²) >= 11 is 1.55. The third kappa shape index (κ3) is 6.06. The molecule has 7 nitrogen and oxygen atoms in total. The maximum absolute atomic E-state index is 12.5. The third-order valence-electron chi connectivity index (χ3n) is 3.83. The summed E-state index contributed by atoms with van der Waals surface area (Å²) in [6, 6.07) is 10.5. The molecule has 0 saturated heterocycles. The van der Waals surface area contributed by atoms with E-state index in [-0.39, 0.29) is 28.0 Å². The van der Waals surface area contributed by atoms with Gasteiger partial charge in [-0.1, -0.05) is 12.1 Å². The monoisotopic (exact) mass is 437 g/mol. The van der Waals surface area contributed by atoms with Crippen LogP contribution < -0.4 is 9.46 Å². The van der Waals surface area contributed by atoms with E-state index in [1.807, 2.05) is 18.4 Å². The molecule has 0 amide bonds. The van der Waals surface area contributed by atoms with Crippen molar-refractivity contribution in [2.24, 2.45) is 0 Å². The largest absolute Gasteiger partial charge is 0.495 e. The number of carbonyl (C=O) groups is 2. The average molecular weight is 438 g/mol. The number of Topliss-reactive ketones (excluding diaryl/α,β-unsaturated/α-hetero) is 1. The van der Waals surface area contributed by atoms with Gasteiger partial charge in [0.25, 0.3) is 0 Å². The minimum absolute atomic E-state index is 0.000428. The Kier molecular flexibility index (Phi) is 7.83. The van der Waals surface area contributed by atoms with Gasteiger partial charge in [-0.25, -0.2) is 17.9 Å². The molecule has 0 unspecified atom stereocenters. The molecule has 0 spiro atoms. The molecule has 1 N–H and O–H groups in total. The minimum Gasteiger partial charge on any atom is -0.495 e. The molecular weight excluding hydrogens is 414 g/mol. The third-order valence-corrected chi connectivity index (χ3v) is 6.25. The maximum Gasteiger partial charge on any atom is 0.338 e. The minimum atomic E-state index is -3.89. The second kappa shape index (κ2) is 9.91. The lowest BCUT2D eigenvalue weighted by molar-refractivity contribution is 0.0474. The van der Waals surface area contributed by atoms with Crippen LogP contribution in [0.15, 0.2) is 52.3 Å². The van der Waals surface area contributed by atoms with Crippen molar-refractivity contribution >= 4 is 33.5 Å². The van der Waals surface area contributed by atoms with E-state index in [0.29, 0.717) is 5.56 Å². The number of methoxy groups -OCH3 is 1. The Morgan fingerprint density at radius 1 is 1.07 bits per heavy atom. The van der Waals surface area contributed by atoms with Crippen molar-refractivity contribution in [3.8, 4) is 5.75 Å². The Bertz CT molecular complexity index is 985. The van der Waals surface area contributed by atoms with E-state index >= 15 is 0 Å². The van der Waals surface area contributed by atoms with Crippen LogP contribution in [0, 0.1) is 0 Å². The second-order valence-electron chi connectivity index (χ2n) is 6.37. The highest BCUT2D eigenvalue weighted by Gasteiger charge is 2.23. The fourth-order valence-corrected chi connectivity index (χ4v) is 4.32. The van der Waals surface area contributed by atoms with E-state index in [9.17, 15) is 18.0 Å². The zero-order valence-electron chi connectivity index (χ0n) is 16.6. The van der Waals surface area contributed by atoms with Gasteiger partial charge in [-0.15, -0.1) is 11.8 Å². The molecule has 2 rings (SSSR count). The molecule has 0 fully saturated rings. The van der Waals surface area contributed by atoms with Crippen LogP contribution in [0.1, 0.15) is 34.6 Å². The fourth-order valence-electron chi connectivity index (χ4n) is 2.46. The molecular formula is C20H23NO6S2. The molecule has 0 aliphatic rings. The summed E-state index contributed by atoms with van der Waals surface area (Å²) in [5, 5.41) is 0. The summed E-state index contributed by atoms with van der Waals surface area (Å²) in [5.74, 6) is -1.06.